The van der Waals surface area contributed by atoms with E-state index in [1.165, 1.54) is 11.1 Å². The fourth-order valence-electron chi connectivity index (χ4n) is 3.09. The molecular formula is C17H23NO4. The number of benzene rings is 1. The minimum atomic E-state index is -0.769. The van der Waals surface area contributed by atoms with Gasteiger partial charge in [0, 0.05) is 12.5 Å². The molecule has 1 aliphatic carbocycles. The van der Waals surface area contributed by atoms with Crippen molar-refractivity contribution < 1.29 is 19.4 Å². The summed E-state index contributed by atoms with van der Waals surface area (Å²) in [5.41, 5.74) is 4.79. The third kappa shape index (κ3) is 4.00. The van der Waals surface area contributed by atoms with E-state index in [0.29, 0.717) is 13.0 Å². The molecule has 0 heterocycles. The lowest BCUT2D eigenvalue weighted by Crippen LogP contribution is -2.39. The smallest absolute Gasteiger partial charge is 0.407 e. The molecule has 1 aromatic carbocycles. The van der Waals surface area contributed by atoms with Crippen LogP contribution in [0, 0.1) is 6.92 Å². The van der Waals surface area contributed by atoms with Gasteiger partial charge < -0.3 is 15.2 Å². The normalized spacial score (nSPS) is 16.7. The van der Waals surface area contributed by atoms with Gasteiger partial charge in [0.05, 0.1) is 6.61 Å². The highest BCUT2D eigenvalue weighted by molar-refractivity contribution is 5.68. The lowest BCUT2D eigenvalue weighted by molar-refractivity contribution is -0.136. The average Bonchev–Trinajstić information content (AvgIpc) is 2.46. The molecule has 1 unspecified atom stereocenters. The maximum absolute atomic E-state index is 11.5. The number of carboxylic acid groups (broad SMARTS) is 1. The van der Waals surface area contributed by atoms with Crippen molar-refractivity contribution in [1.29, 1.82) is 0 Å². The lowest BCUT2D eigenvalue weighted by atomic mass is 9.82. The minimum Gasteiger partial charge on any atom is -0.481 e. The molecule has 1 aliphatic rings. The molecule has 2 N–H and O–H groups in total. The Morgan fingerprint density at radius 2 is 2.18 bits per heavy atom. The molecule has 1 amide bonds. The van der Waals surface area contributed by atoms with Gasteiger partial charge in [0.15, 0.2) is 0 Å². The first-order valence-corrected chi connectivity index (χ1v) is 7.76. The van der Waals surface area contributed by atoms with Gasteiger partial charge in [0.25, 0.3) is 0 Å². The quantitative estimate of drug-likeness (QED) is 0.877. The van der Waals surface area contributed by atoms with Gasteiger partial charge in [-0.2, -0.15) is 0 Å². The summed E-state index contributed by atoms with van der Waals surface area (Å²) < 4.78 is 4.93. The third-order valence-electron chi connectivity index (χ3n) is 4.16. The second kappa shape index (κ2) is 7.29. The first kappa shape index (κ1) is 16.3. The molecule has 1 aromatic rings. The number of aliphatic carboxylic acids is 1. The van der Waals surface area contributed by atoms with Crippen molar-refractivity contribution in [3.05, 3.63) is 34.4 Å². The molecule has 22 heavy (non-hydrogen) atoms. The van der Waals surface area contributed by atoms with Crippen LogP contribution in [0.5, 0.6) is 0 Å². The average molecular weight is 305 g/mol. The maximum Gasteiger partial charge on any atom is 0.407 e. The summed E-state index contributed by atoms with van der Waals surface area (Å²) in [6.07, 6.45) is 2.85. The number of carboxylic acids is 1. The van der Waals surface area contributed by atoms with Crippen LogP contribution >= 0.6 is 0 Å². The molecule has 0 bridgehead atoms. The van der Waals surface area contributed by atoms with Crippen LogP contribution in [0.2, 0.25) is 0 Å². The zero-order chi connectivity index (χ0) is 16.1. The molecule has 0 radical (unpaired) electrons. The van der Waals surface area contributed by atoms with Gasteiger partial charge in [-0.25, -0.2) is 4.79 Å². The SMILES string of the molecule is CCOC(=O)NC1CCc2c(ccc(C)c2CCC(=O)O)C1. The van der Waals surface area contributed by atoms with E-state index in [-0.39, 0.29) is 18.6 Å². The number of hydrogen-bond donors (Lipinski definition) is 2. The van der Waals surface area contributed by atoms with E-state index in [2.05, 4.69) is 11.4 Å². The summed E-state index contributed by atoms with van der Waals surface area (Å²) in [6.45, 7) is 4.18. The van der Waals surface area contributed by atoms with Gasteiger partial charge in [0.2, 0.25) is 0 Å². The lowest BCUT2D eigenvalue weighted by Gasteiger charge is -2.27. The van der Waals surface area contributed by atoms with Crippen LogP contribution in [0.3, 0.4) is 0 Å². The van der Waals surface area contributed by atoms with E-state index in [1.807, 2.05) is 13.0 Å². The molecule has 0 spiro atoms. The molecule has 0 saturated carbocycles. The van der Waals surface area contributed by atoms with Crippen molar-refractivity contribution in [2.45, 2.75) is 52.0 Å². The number of nitrogens with one attached hydrogen (secondary N) is 1. The Hall–Kier alpha value is -2.04. The topological polar surface area (TPSA) is 75.6 Å². The molecule has 0 fully saturated rings. The molecule has 0 saturated heterocycles. The van der Waals surface area contributed by atoms with E-state index >= 15 is 0 Å². The van der Waals surface area contributed by atoms with Crippen LogP contribution in [0.25, 0.3) is 0 Å². The highest BCUT2D eigenvalue weighted by Gasteiger charge is 2.23. The molecule has 0 aliphatic heterocycles. The predicted octanol–water partition coefficient (Wildman–Crippen LogP) is 2.62. The fraction of sp³-hybridized carbons (Fsp3) is 0.529. The van der Waals surface area contributed by atoms with Crippen molar-refractivity contribution in [1.82, 2.24) is 5.32 Å². The van der Waals surface area contributed by atoms with Crippen molar-refractivity contribution in [3.8, 4) is 0 Å². The van der Waals surface area contributed by atoms with Crippen molar-refractivity contribution in [2.24, 2.45) is 0 Å². The second-order valence-electron chi connectivity index (χ2n) is 5.70. The van der Waals surface area contributed by atoms with Gasteiger partial charge >= 0.3 is 12.1 Å². The second-order valence-corrected chi connectivity index (χ2v) is 5.70. The summed E-state index contributed by atoms with van der Waals surface area (Å²) in [5.74, 6) is -0.769. The van der Waals surface area contributed by atoms with E-state index in [0.717, 1.165) is 30.4 Å². The highest BCUT2D eigenvalue weighted by atomic mass is 16.5. The number of fused-ring (bicyclic) bond motifs is 1. The molecule has 5 nitrogen and oxygen atoms in total. The molecule has 5 heteroatoms. The monoisotopic (exact) mass is 305 g/mol. The zero-order valence-electron chi connectivity index (χ0n) is 13.1. The van der Waals surface area contributed by atoms with Gasteiger partial charge in [-0.3, -0.25) is 4.79 Å². The van der Waals surface area contributed by atoms with Gasteiger partial charge in [-0.15, -0.1) is 0 Å². The number of hydrogen-bond acceptors (Lipinski definition) is 3. The number of carbonyl (C=O) groups is 2. The number of aryl methyl sites for hydroxylation is 1. The summed E-state index contributed by atoms with van der Waals surface area (Å²) in [5, 5.41) is 11.8. The van der Waals surface area contributed by atoms with Crippen LogP contribution in [0.15, 0.2) is 12.1 Å². The first-order valence-electron chi connectivity index (χ1n) is 7.76. The predicted molar refractivity (Wildman–Crippen MR) is 83.1 cm³/mol. The van der Waals surface area contributed by atoms with Gasteiger partial charge in [-0.05, 0) is 61.8 Å². The number of alkyl carbamates (subject to hydrolysis) is 1. The number of amides is 1. The molecule has 1 atom stereocenters. The highest BCUT2D eigenvalue weighted by Crippen LogP contribution is 2.28. The van der Waals surface area contributed by atoms with Crippen molar-refractivity contribution in [3.63, 3.8) is 0 Å². The van der Waals surface area contributed by atoms with Gasteiger partial charge in [-0.1, -0.05) is 12.1 Å². The maximum atomic E-state index is 11.5. The Kier molecular flexibility index (Phi) is 5.41. The molecule has 0 aromatic heterocycles. The fourth-order valence-corrected chi connectivity index (χ4v) is 3.09. The Bertz CT molecular complexity index is 568. The summed E-state index contributed by atoms with van der Waals surface area (Å²) in [6, 6.07) is 4.22. The Morgan fingerprint density at radius 3 is 2.86 bits per heavy atom. The summed E-state index contributed by atoms with van der Waals surface area (Å²) in [7, 11) is 0. The number of carbonyl (C=O) groups excluding carboxylic acids is 1. The van der Waals surface area contributed by atoms with E-state index < -0.39 is 5.97 Å². The standard InChI is InChI=1S/C17H23NO4/c1-3-22-17(21)18-13-6-7-15-12(10-13)5-4-11(2)14(15)8-9-16(19)20/h4-5,13H,3,6-10H2,1-2H3,(H,18,21)(H,19,20). The van der Waals surface area contributed by atoms with Crippen LogP contribution < -0.4 is 5.32 Å². The van der Waals surface area contributed by atoms with Gasteiger partial charge in [0.1, 0.15) is 0 Å². The molecular weight excluding hydrogens is 282 g/mol. The third-order valence-corrected chi connectivity index (χ3v) is 4.16. The summed E-state index contributed by atoms with van der Waals surface area (Å²) >= 11 is 0. The van der Waals surface area contributed by atoms with Crippen molar-refractivity contribution in [2.75, 3.05) is 6.61 Å². The first-order chi connectivity index (χ1) is 10.5. The Balaban J connectivity index is 2.11. The summed E-state index contributed by atoms with van der Waals surface area (Å²) in [4.78, 5) is 22.3. The van der Waals surface area contributed by atoms with Crippen molar-refractivity contribution >= 4 is 12.1 Å². The van der Waals surface area contributed by atoms with E-state index in [1.54, 1.807) is 6.92 Å². The zero-order valence-corrected chi connectivity index (χ0v) is 13.1. The number of rotatable bonds is 5. The van der Waals surface area contributed by atoms with E-state index in [4.69, 9.17) is 9.84 Å². The Labute approximate surface area is 130 Å². The molecule has 120 valence electrons. The van der Waals surface area contributed by atoms with Crippen LogP contribution in [-0.2, 0) is 28.8 Å². The molecule has 2 rings (SSSR count). The largest absolute Gasteiger partial charge is 0.481 e. The van der Waals surface area contributed by atoms with E-state index in [9.17, 15) is 9.59 Å². The minimum absolute atomic E-state index is 0.0848. The van der Waals surface area contributed by atoms with Crippen LogP contribution in [0.4, 0.5) is 4.79 Å². The Morgan fingerprint density at radius 1 is 1.41 bits per heavy atom. The van der Waals surface area contributed by atoms with Crippen LogP contribution in [-0.4, -0.2) is 29.8 Å². The number of ether oxygens (including phenoxy) is 1. The van der Waals surface area contributed by atoms with Crippen LogP contribution in [0.1, 0.15) is 42.0 Å².